The fourth-order valence-electron chi connectivity index (χ4n) is 2.60. The minimum Gasteiger partial charge on any atom is -0.324 e. The van der Waals surface area contributed by atoms with Crippen molar-refractivity contribution in [3.8, 4) is 11.4 Å². The van der Waals surface area contributed by atoms with Gasteiger partial charge in [0.25, 0.3) is 0 Å². The van der Waals surface area contributed by atoms with Crippen LogP contribution in [0.25, 0.3) is 11.4 Å². The number of aromatic nitrogens is 3. The van der Waals surface area contributed by atoms with Gasteiger partial charge in [0.15, 0.2) is 11.0 Å². The Morgan fingerprint density at radius 2 is 1.81 bits per heavy atom. The molecule has 0 saturated heterocycles. The van der Waals surface area contributed by atoms with Crippen LogP contribution in [0.3, 0.4) is 0 Å². The Hall–Kier alpha value is -2.31. The van der Waals surface area contributed by atoms with E-state index in [0.717, 1.165) is 23.1 Å². The van der Waals surface area contributed by atoms with Crippen molar-refractivity contribution in [2.75, 3.05) is 11.1 Å². The van der Waals surface area contributed by atoms with Gasteiger partial charge < -0.3 is 9.88 Å². The maximum Gasteiger partial charge on any atom is 0.234 e. The number of para-hydroxylation sites is 1. The lowest BCUT2D eigenvalue weighted by Gasteiger charge is -2.12. The first-order valence-electron chi connectivity index (χ1n) is 8.70. The monoisotopic (exact) mass is 400 g/mol. The average Bonchev–Trinajstić information content (AvgIpc) is 3.04. The third-order valence-electron chi connectivity index (χ3n) is 3.78. The molecule has 27 heavy (non-hydrogen) atoms. The third-order valence-corrected chi connectivity index (χ3v) is 5.07. The summed E-state index contributed by atoms with van der Waals surface area (Å²) in [6.07, 6.45) is 0. The first kappa shape index (κ1) is 19.5. The molecule has 3 rings (SSSR count). The van der Waals surface area contributed by atoms with Gasteiger partial charge in [-0.25, -0.2) is 0 Å². The summed E-state index contributed by atoms with van der Waals surface area (Å²) in [4.78, 5) is 12.3. The minimum atomic E-state index is -0.131. The molecule has 0 saturated carbocycles. The van der Waals surface area contributed by atoms with E-state index in [1.165, 1.54) is 11.8 Å². The predicted octanol–water partition coefficient (Wildman–Crippen LogP) is 4.99. The lowest BCUT2D eigenvalue weighted by molar-refractivity contribution is -0.113. The number of anilines is 1. The van der Waals surface area contributed by atoms with Gasteiger partial charge in [0.1, 0.15) is 0 Å². The van der Waals surface area contributed by atoms with E-state index < -0.39 is 0 Å². The summed E-state index contributed by atoms with van der Waals surface area (Å²) < 4.78 is 2.08. The molecule has 3 aromatic rings. The van der Waals surface area contributed by atoms with Crippen molar-refractivity contribution < 1.29 is 4.79 Å². The van der Waals surface area contributed by atoms with Crippen molar-refractivity contribution in [3.63, 3.8) is 0 Å². The number of hydrogen-bond donors (Lipinski definition) is 1. The molecule has 7 heteroatoms. The van der Waals surface area contributed by atoms with Crippen LogP contribution in [-0.2, 0) is 11.3 Å². The Balaban J connectivity index is 1.73. The van der Waals surface area contributed by atoms with Crippen molar-refractivity contribution in [3.05, 3.63) is 59.6 Å². The minimum absolute atomic E-state index is 0.131. The predicted molar refractivity (Wildman–Crippen MR) is 111 cm³/mol. The van der Waals surface area contributed by atoms with Crippen LogP contribution in [-0.4, -0.2) is 26.4 Å². The zero-order valence-corrected chi connectivity index (χ0v) is 16.8. The van der Waals surface area contributed by atoms with Gasteiger partial charge in [-0.3, -0.25) is 4.79 Å². The molecular weight excluding hydrogens is 380 g/mol. The van der Waals surface area contributed by atoms with Crippen molar-refractivity contribution in [1.29, 1.82) is 0 Å². The number of thioether (sulfide) groups is 1. The largest absolute Gasteiger partial charge is 0.324 e. The van der Waals surface area contributed by atoms with Gasteiger partial charge >= 0.3 is 0 Å². The molecule has 5 nitrogen and oxygen atoms in total. The summed E-state index contributed by atoms with van der Waals surface area (Å²) >= 11 is 7.46. The van der Waals surface area contributed by atoms with Gasteiger partial charge in [0, 0.05) is 12.1 Å². The van der Waals surface area contributed by atoms with Crippen molar-refractivity contribution in [1.82, 2.24) is 14.8 Å². The van der Waals surface area contributed by atoms with Crippen LogP contribution < -0.4 is 5.32 Å². The summed E-state index contributed by atoms with van der Waals surface area (Å²) in [5.41, 5.74) is 1.62. The van der Waals surface area contributed by atoms with Crippen molar-refractivity contribution in [2.45, 2.75) is 25.5 Å². The highest BCUT2D eigenvalue weighted by Gasteiger charge is 2.16. The Kier molecular flexibility index (Phi) is 6.53. The molecule has 0 unspecified atom stereocenters. The molecule has 140 valence electrons. The number of benzene rings is 2. The zero-order chi connectivity index (χ0) is 19.2. The fourth-order valence-corrected chi connectivity index (χ4v) is 3.54. The molecule has 2 aromatic carbocycles. The molecule has 0 bridgehead atoms. The van der Waals surface area contributed by atoms with Gasteiger partial charge in [-0.15, -0.1) is 10.2 Å². The maximum absolute atomic E-state index is 12.3. The highest BCUT2D eigenvalue weighted by atomic mass is 35.5. The van der Waals surface area contributed by atoms with E-state index in [2.05, 4.69) is 33.9 Å². The van der Waals surface area contributed by atoms with E-state index >= 15 is 0 Å². The number of hydrogen-bond acceptors (Lipinski definition) is 4. The Morgan fingerprint density at radius 1 is 1.11 bits per heavy atom. The Labute approximate surface area is 168 Å². The van der Waals surface area contributed by atoms with Gasteiger partial charge in [-0.05, 0) is 18.1 Å². The van der Waals surface area contributed by atoms with Crippen LogP contribution in [0, 0.1) is 5.92 Å². The average molecular weight is 401 g/mol. The molecule has 0 aliphatic carbocycles. The lowest BCUT2D eigenvalue weighted by Crippen LogP contribution is -2.15. The smallest absolute Gasteiger partial charge is 0.234 e. The molecule has 1 amide bonds. The van der Waals surface area contributed by atoms with Gasteiger partial charge in [-0.2, -0.15) is 0 Å². The van der Waals surface area contributed by atoms with E-state index in [9.17, 15) is 4.79 Å². The van der Waals surface area contributed by atoms with Gasteiger partial charge in [0.05, 0.1) is 16.5 Å². The molecule has 1 heterocycles. The van der Waals surface area contributed by atoms with E-state index in [4.69, 9.17) is 11.6 Å². The van der Waals surface area contributed by atoms with E-state index in [0.29, 0.717) is 16.6 Å². The zero-order valence-electron chi connectivity index (χ0n) is 15.2. The molecule has 0 fully saturated rings. The van der Waals surface area contributed by atoms with Crippen molar-refractivity contribution in [2.24, 2.45) is 5.92 Å². The number of carbonyl (C=O) groups excluding carboxylic acids is 1. The van der Waals surface area contributed by atoms with E-state index in [1.54, 1.807) is 12.1 Å². The van der Waals surface area contributed by atoms with E-state index in [-0.39, 0.29) is 11.7 Å². The molecule has 0 radical (unpaired) electrons. The Morgan fingerprint density at radius 3 is 2.52 bits per heavy atom. The normalized spacial score (nSPS) is 11.0. The summed E-state index contributed by atoms with van der Waals surface area (Å²) in [6, 6.07) is 17.1. The topological polar surface area (TPSA) is 59.8 Å². The first-order valence-corrected chi connectivity index (χ1v) is 10.1. The first-order chi connectivity index (χ1) is 13.0. The molecule has 0 spiro atoms. The second-order valence-electron chi connectivity index (χ2n) is 6.49. The number of carbonyl (C=O) groups is 1. The number of halogens is 1. The second-order valence-corrected chi connectivity index (χ2v) is 7.84. The van der Waals surface area contributed by atoms with Crippen LogP contribution in [0.2, 0.25) is 5.02 Å². The molecule has 0 aliphatic heterocycles. The summed E-state index contributed by atoms with van der Waals surface area (Å²) in [5.74, 6) is 1.35. The number of nitrogens with zero attached hydrogens (tertiary/aromatic N) is 3. The summed E-state index contributed by atoms with van der Waals surface area (Å²) in [6.45, 7) is 5.08. The molecule has 0 aliphatic rings. The maximum atomic E-state index is 12.3. The van der Waals surface area contributed by atoms with Crippen LogP contribution in [0.4, 0.5) is 5.69 Å². The Bertz CT molecular complexity index is 911. The third kappa shape index (κ3) is 5.11. The lowest BCUT2D eigenvalue weighted by atomic mass is 10.2. The van der Waals surface area contributed by atoms with Crippen LogP contribution in [0.5, 0.6) is 0 Å². The standard InChI is InChI=1S/C20H21ClN4OS/c1-14(2)12-25-19(15-8-4-3-5-9-15)23-24-20(25)27-13-18(26)22-17-11-7-6-10-16(17)21/h3-11,14H,12-13H2,1-2H3,(H,22,26). The summed E-state index contributed by atoms with van der Waals surface area (Å²) in [7, 11) is 0. The second kappa shape index (κ2) is 9.06. The summed E-state index contributed by atoms with van der Waals surface area (Å²) in [5, 5.41) is 12.7. The van der Waals surface area contributed by atoms with Gasteiger partial charge in [-0.1, -0.05) is 79.7 Å². The molecule has 0 atom stereocenters. The molecule has 1 N–H and O–H groups in total. The van der Waals surface area contributed by atoms with Crippen molar-refractivity contribution >= 4 is 35.0 Å². The molecule has 1 aromatic heterocycles. The van der Waals surface area contributed by atoms with Crippen LogP contribution in [0.15, 0.2) is 59.8 Å². The van der Waals surface area contributed by atoms with Crippen LogP contribution in [0.1, 0.15) is 13.8 Å². The number of nitrogens with one attached hydrogen (secondary N) is 1. The number of amides is 1. The highest BCUT2D eigenvalue weighted by Crippen LogP contribution is 2.26. The van der Waals surface area contributed by atoms with E-state index in [1.807, 2.05) is 42.5 Å². The quantitative estimate of drug-likeness (QED) is 0.568. The SMILES string of the molecule is CC(C)Cn1c(SCC(=O)Nc2ccccc2Cl)nnc1-c1ccccc1. The highest BCUT2D eigenvalue weighted by molar-refractivity contribution is 7.99. The fraction of sp³-hybridized carbons (Fsp3) is 0.250. The molecular formula is C20H21ClN4OS. The number of rotatable bonds is 7. The van der Waals surface area contributed by atoms with Gasteiger partial charge in [0.2, 0.25) is 5.91 Å². The van der Waals surface area contributed by atoms with Crippen LogP contribution >= 0.6 is 23.4 Å².